The highest BCUT2D eigenvalue weighted by Gasteiger charge is 2.22. The van der Waals surface area contributed by atoms with Crippen LogP contribution in [-0.4, -0.2) is 37.2 Å². The van der Waals surface area contributed by atoms with Crippen molar-refractivity contribution in [1.82, 2.24) is 4.90 Å². The zero-order chi connectivity index (χ0) is 13.0. The second-order valence-corrected chi connectivity index (χ2v) is 5.33. The van der Waals surface area contributed by atoms with E-state index in [1.165, 1.54) is 6.42 Å². The Bertz CT molecular complexity index is 425. The molecular formula is C13H17BrN2O2. The van der Waals surface area contributed by atoms with E-state index in [4.69, 9.17) is 4.74 Å². The van der Waals surface area contributed by atoms with Gasteiger partial charge in [0.1, 0.15) is 6.61 Å². The molecule has 0 radical (unpaired) electrons. The van der Waals surface area contributed by atoms with Crippen molar-refractivity contribution in [1.29, 1.82) is 0 Å². The van der Waals surface area contributed by atoms with E-state index in [-0.39, 0.29) is 0 Å². The topological polar surface area (TPSA) is 41.6 Å². The van der Waals surface area contributed by atoms with E-state index in [2.05, 4.69) is 33.2 Å². The smallest absolute Gasteiger partial charge is 0.411 e. The molecule has 1 amide bonds. The van der Waals surface area contributed by atoms with Gasteiger partial charge in [0.2, 0.25) is 0 Å². The van der Waals surface area contributed by atoms with Crippen molar-refractivity contribution in [2.75, 3.05) is 25.5 Å². The lowest BCUT2D eigenvalue weighted by Gasteiger charge is -2.19. The van der Waals surface area contributed by atoms with Crippen LogP contribution in [0.2, 0.25) is 0 Å². The molecule has 98 valence electrons. The van der Waals surface area contributed by atoms with Crippen LogP contribution in [0, 0.1) is 0 Å². The van der Waals surface area contributed by atoms with Gasteiger partial charge in [0.25, 0.3) is 0 Å². The van der Waals surface area contributed by atoms with E-state index in [1.807, 2.05) is 24.3 Å². The summed E-state index contributed by atoms with van der Waals surface area (Å²) in [7, 11) is 2.06. The number of nitrogens with zero attached hydrogens (tertiary/aromatic N) is 1. The Morgan fingerprint density at radius 2 is 2.33 bits per heavy atom. The number of amides is 1. The summed E-state index contributed by atoms with van der Waals surface area (Å²) < 4.78 is 6.09. The minimum absolute atomic E-state index is 0.356. The summed E-state index contributed by atoms with van der Waals surface area (Å²) >= 11 is 3.37. The molecular weight excluding hydrogens is 296 g/mol. The van der Waals surface area contributed by atoms with Crippen molar-refractivity contribution in [3.05, 3.63) is 28.7 Å². The van der Waals surface area contributed by atoms with Crippen LogP contribution in [0.5, 0.6) is 0 Å². The summed E-state index contributed by atoms with van der Waals surface area (Å²) in [4.78, 5) is 13.9. The first kappa shape index (κ1) is 13.4. The van der Waals surface area contributed by atoms with Crippen LogP contribution < -0.4 is 5.32 Å². The molecule has 0 spiro atoms. The maximum atomic E-state index is 11.7. The number of likely N-dealkylation sites (N-methyl/N-ethyl adjacent to an activating group) is 1. The highest BCUT2D eigenvalue weighted by atomic mass is 79.9. The van der Waals surface area contributed by atoms with Gasteiger partial charge in [0.15, 0.2) is 0 Å². The summed E-state index contributed by atoms with van der Waals surface area (Å²) in [6, 6.07) is 7.82. The number of benzene rings is 1. The molecule has 0 aliphatic carbocycles. The van der Waals surface area contributed by atoms with E-state index >= 15 is 0 Å². The summed E-state index contributed by atoms with van der Waals surface area (Å²) in [5, 5.41) is 2.72. The van der Waals surface area contributed by atoms with Crippen LogP contribution in [0.15, 0.2) is 28.7 Å². The summed E-state index contributed by atoms with van der Waals surface area (Å²) in [5.41, 5.74) is 0.724. The normalized spacial score (nSPS) is 19.8. The number of halogens is 1. The molecule has 0 aromatic heterocycles. The second-order valence-electron chi connectivity index (χ2n) is 4.48. The first-order valence-corrected chi connectivity index (χ1v) is 6.84. The van der Waals surface area contributed by atoms with Crippen molar-refractivity contribution in [3.8, 4) is 0 Å². The monoisotopic (exact) mass is 312 g/mol. The lowest BCUT2D eigenvalue weighted by molar-refractivity contribution is 0.127. The molecule has 18 heavy (non-hydrogen) atoms. The highest BCUT2D eigenvalue weighted by Crippen LogP contribution is 2.21. The van der Waals surface area contributed by atoms with Crippen molar-refractivity contribution in [3.63, 3.8) is 0 Å². The molecule has 1 aromatic rings. The van der Waals surface area contributed by atoms with Gasteiger partial charge < -0.3 is 9.64 Å². The third-order valence-electron chi connectivity index (χ3n) is 3.19. The molecule has 1 atom stereocenters. The van der Waals surface area contributed by atoms with Crippen molar-refractivity contribution in [2.24, 2.45) is 0 Å². The lowest BCUT2D eigenvalue weighted by atomic mass is 10.2. The zero-order valence-corrected chi connectivity index (χ0v) is 11.9. The number of hydrogen-bond donors (Lipinski definition) is 1. The second kappa shape index (κ2) is 6.20. The van der Waals surface area contributed by atoms with E-state index in [1.54, 1.807) is 0 Å². The molecule has 1 N–H and O–H groups in total. The Balaban J connectivity index is 1.80. The van der Waals surface area contributed by atoms with Gasteiger partial charge in [-0.15, -0.1) is 0 Å². The number of para-hydroxylation sites is 1. The van der Waals surface area contributed by atoms with Gasteiger partial charge in [-0.1, -0.05) is 12.1 Å². The van der Waals surface area contributed by atoms with Gasteiger partial charge in [0.05, 0.1) is 5.69 Å². The van der Waals surface area contributed by atoms with Gasteiger partial charge in [-0.25, -0.2) is 4.79 Å². The molecule has 0 bridgehead atoms. The SMILES string of the molecule is CN1CCC[C@H]1COC(=O)Nc1ccccc1Br. The number of anilines is 1. The third-order valence-corrected chi connectivity index (χ3v) is 3.88. The minimum Gasteiger partial charge on any atom is -0.448 e. The average molecular weight is 313 g/mol. The third kappa shape index (κ3) is 3.46. The molecule has 0 saturated carbocycles. The Morgan fingerprint density at radius 3 is 3.00 bits per heavy atom. The molecule has 2 rings (SSSR count). The van der Waals surface area contributed by atoms with E-state index in [9.17, 15) is 4.79 Å². The molecule has 4 nitrogen and oxygen atoms in total. The number of hydrogen-bond acceptors (Lipinski definition) is 3. The van der Waals surface area contributed by atoms with E-state index < -0.39 is 6.09 Å². The van der Waals surface area contributed by atoms with Crippen LogP contribution in [0.1, 0.15) is 12.8 Å². The van der Waals surface area contributed by atoms with Crippen LogP contribution in [0.3, 0.4) is 0 Å². The Kier molecular flexibility index (Phi) is 4.60. The minimum atomic E-state index is -0.401. The van der Waals surface area contributed by atoms with Crippen LogP contribution in [-0.2, 0) is 4.74 Å². The maximum absolute atomic E-state index is 11.7. The first-order valence-electron chi connectivity index (χ1n) is 6.05. The Labute approximate surface area is 115 Å². The summed E-state index contributed by atoms with van der Waals surface area (Å²) in [5.74, 6) is 0. The molecule has 1 aliphatic rings. The highest BCUT2D eigenvalue weighted by molar-refractivity contribution is 9.10. The largest absolute Gasteiger partial charge is 0.448 e. The van der Waals surface area contributed by atoms with Gasteiger partial charge in [-0.2, -0.15) is 0 Å². The fourth-order valence-electron chi connectivity index (χ4n) is 2.07. The van der Waals surface area contributed by atoms with Crippen LogP contribution >= 0.6 is 15.9 Å². The van der Waals surface area contributed by atoms with Crippen LogP contribution in [0.4, 0.5) is 10.5 Å². The molecule has 0 unspecified atom stereocenters. The van der Waals surface area contributed by atoms with Crippen molar-refractivity contribution in [2.45, 2.75) is 18.9 Å². The van der Waals surface area contributed by atoms with Crippen molar-refractivity contribution < 1.29 is 9.53 Å². The summed E-state index contributed by atoms with van der Waals surface area (Å²) in [6.07, 6.45) is 1.87. The average Bonchev–Trinajstić information content (AvgIpc) is 2.75. The quantitative estimate of drug-likeness (QED) is 0.932. The molecule has 1 heterocycles. The zero-order valence-electron chi connectivity index (χ0n) is 10.4. The number of ether oxygens (including phenoxy) is 1. The molecule has 1 aliphatic heterocycles. The molecule has 1 aromatic carbocycles. The van der Waals surface area contributed by atoms with E-state index in [0.717, 1.165) is 23.1 Å². The lowest BCUT2D eigenvalue weighted by Crippen LogP contribution is -2.31. The fraction of sp³-hybridized carbons (Fsp3) is 0.462. The first-order chi connectivity index (χ1) is 8.66. The van der Waals surface area contributed by atoms with Gasteiger partial charge >= 0.3 is 6.09 Å². The van der Waals surface area contributed by atoms with Gasteiger partial charge in [0, 0.05) is 10.5 Å². The number of carbonyl (C=O) groups is 1. The van der Waals surface area contributed by atoms with Gasteiger partial charge in [-0.05, 0) is 54.5 Å². The van der Waals surface area contributed by atoms with E-state index in [0.29, 0.717) is 12.6 Å². The number of carbonyl (C=O) groups excluding carboxylic acids is 1. The molecule has 1 saturated heterocycles. The Hall–Kier alpha value is -1.07. The molecule has 5 heteroatoms. The summed E-state index contributed by atoms with van der Waals surface area (Å²) in [6.45, 7) is 1.53. The van der Waals surface area contributed by atoms with Gasteiger partial charge in [-0.3, -0.25) is 5.32 Å². The van der Waals surface area contributed by atoms with Crippen LogP contribution in [0.25, 0.3) is 0 Å². The number of rotatable bonds is 3. The number of likely N-dealkylation sites (tertiary alicyclic amines) is 1. The fourth-order valence-corrected chi connectivity index (χ4v) is 2.45. The maximum Gasteiger partial charge on any atom is 0.411 e. The Morgan fingerprint density at radius 1 is 1.56 bits per heavy atom. The number of nitrogens with one attached hydrogen (secondary N) is 1. The standard InChI is InChI=1S/C13H17BrN2O2/c1-16-8-4-5-10(16)9-18-13(17)15-12-7-3-2-6-11(12)14/h2-3,6-7,10H,4-5,8-9H2,1H3,(H,15,17)/t10-/m0/s1. The molecule has 1 fully saturated rings. The predicted octanol–water partition coefficient (Wildman–Crippen LogP) is 3.09. The predicted molar refractivity (Wildman–Crippen MR) is 74.8 cm³/mol. The van der Waals surface area contributed by atoms with Crippen molar-refractivity contribution >= 4 is 27.7 Å².